The standard InChI is InChI=1S/C12H10F3N3/c13-7-2-1-6(9(14)10(7)15)11-12-8(3-4-16-11)17-5-18-12/h1-2,5,11,16H,3-4H2,(H,17,18)/t11-/m1/s1. The smallest absolute Gasteiger partial charge is 0.194 e. The highest BCUT2D eigenvalue weighted by Crippen LogP contribution is 2.29. The SMILES string of the molecule is Fc1ccc([C@H]2NCCc3[nH]cnc32)c(F)c1F. The molecule has 0 spiro atoms. The zero-order valence-corrected chi connectivity index (χ0v) is 9.30. The van der Waals surface area contributed by atoms with Crippen LogP contribution in [-0.2, 0) is 6.42 Å². The van der Waals surface area contributed by atoms with Crippen LogP contribution >= 0.6 is 0 Å². The van der Waals surface area contributed by atoms with E-state index in [4.69, 9.17) is 0 Å². The number of nitrogens with one attached hydrogen (secondary N) is 2. The Morgan fingerprint density at radius 1 is 1.17 bits per heavy atom. The Kier molecular flexibility index (Phi) is 2.59. The lowest BCUT2D eigenvalue weighted by molar-refractivity contribution is 0.428. The third-order valence-electron chi connectivity index (χ3n) is 3.12. The number of H-pyrrole nitrogens is 1. The van der Waals surface area contributed by atoms with Crippen molar-refractivity contribution in [3.63, 3.8) is 0 Å². The van der Waals surface area contributed by atoms with Gasteiger partial charge in [-0.05, 0) is 6.07 Å². The van der Waals surface area contributed by atoms with Crippen molar-refractivity contribution in [1.82, 2.24) is 15.3 Å². The van der Waals surface area contributed by atoms with Crippen LogP contribution in [0.15, 0.2) is 18.5 Å². The average Bonchev–Trinajstić information content (AvgIpc) is 2.84. The Hall–Kier alpha value is -1.82. The molecular formula is C12H10F3N3. The predicted molar refractivity (Wildman–Crippen MR) is 58.5 cm³/mol. The number of nitrogens with zero attached hydrogens (tertiary/aromatic N) is 1. The minimum Gasteiger partial charge on any atom is -0.348 e. The first-order chi connectivity index (χ1) is 8.68. The lowest BCUT2D eigenvalue weighted by atomic mass is 9.97. The summed E-state index contributed by atoms with van der Waals surface area (Å²) in [5.74, 6) is -3.80. The summed E-state index contributed by atoms with van der Waals surface area (Å²) in [4.78, 5) is 7.07. The highest BCUT2D eigenvalue weighted by Gasteiger charge is 2.28. The highest BCUT2D eigenvalue weighted by atomic mass is 19.2. The summed E-state index contributed by atoms with van der Waals surface area (Å²) in [5, 5.41) is 3.05. The van der Waals surface area contributed by atoms with E-state index in [-0.39, 0.29) is 5.56 Å². The maximum atomic E-state index is 13.8. The molecule has 3 rings (SSSR count). The highest BCUT2D eigenvalue weighted by molar-refractivity contribution is 5.34. The van der Waals surface area contributed by atoms with Gasteiger partial charge in [-0.2, -0.15) is 0 Å². The molecule has 18 heavy (non-hydrogen) atoms. The van der Waals surface area contributed by atoms with Gasteiger partial charge in [-0.1, -0.05) is 6.07 Å². The number of hydrogen-bond acceptors (Lipinski definition) is 2. The van der Waals surface area contributed by atoms with E-state index in [9.17, 15) is 13.2 Å². The fourth-order valence-electron chi connectivity index (χ4n) is 2.24. The summed E-state index contributed by atoms with van der Waals surface area (Å²) >= 11 is 0. The van der Waals surface area contributed by atoms with Gasteiger partial charge in [0.25, 0.3) is 0 Å². The number of aromatic amines is 1. The van der Waals surface area contributed by atoms with Crippen LogP contribution in [0.4, 0.5) is 13.2 Å². The lowest BCUT2D eigenvalue weighted by Crippen LogP contribution is -2.31. The Labute approximate surface area is 101 Å². The Bertz CT molecular complexity index is 594. The Morgan fingerprint density at radius 3 is 2.83 bits per heavy atom. The molecular weight excluding hydrogens is 243 g/mol. The molecule has 0 radical (unpaired) electrons. The van der Waals surface area contributed by atoms with Crippen LogP contribution in [0.1, 0.15) is 23.0 Å². The van der Waals surface area contributed by atoms with Gasteiger partial charge in [0.1, 0.15) is 0 Å². The minimum atomic E-state index is -1.45. The molecule has 1 aromatic carbocycles. The van der Waals surface area contributed by atoms with Gasteiger partial charge in [0.2, 0.25) is 0 Å². The number of aromatic nitrogens is 2. The molecule has 0 unspecified atom stereocenters. The minimum absolute atomic E-state index is 0.0713. The molecule has 3 nitrogen and oxygen atoms in total. The molecule has 0 saturated heterocycles. The van der Waals surface area contributed by atoms with Crippen LogP contribution in [0.3, 0.4) is 0 Å². The summed E-state index contributed by atoms with van der Waals surface area (Å²) in [7, 11) is 0. The van der Waals surface area contributed by atoms with Gasteiger partial charge >= 0.3 is 0 Å². The van der Waals surface area contributed by atoms with Crippen LogP contribution in [0, 0.1) is 17.5 Å². The summed E-state index contributed by atoms with van der Waals surface area (Å²) in [6.45, 7) is 0.623. The van der Waals surface area contributed by atoms with Gasteiger partial charge < -0.3 is 10.3 Å². The number of rotatable bonds is 1. The topological polar surface area (TPSA) is 40.7 Å². The molecule has 0 amide bonds. The molecule has 1 atom stereocenters. The third-order valence-corrected chi connectivity index (χ3v) is 3.12. The van der Waals surface area contributed by atoms with Crippen molar-refractivity contribution in [3.8, 4) is 0 Å². The summed E-state index contributed by atoms with van der Waals surface area (Å²) < 4.78 is 39.9. The summed E-state index contributed by atoms with van der Waals surface area (Å²) in [5.41, 5.74) is 1.59. The van der Waals surface area contributed by atoms with Crippen LogP contribution in [0.25, 0.3) is 0 Å². The molecule has 0 saturated carbocycles. The number of benzene rings is 1. The van der Waals surface area contributed by atoms with Gasteiger partial charge in [0.05, 0.1) is 18.1 Å². The first kappa shape index (κ1) is 11.3. The second-order valence-corrected chi connectivity index (χ2v) is 4.17. The predicted octanol–water partition coefficient (Wildman–Crippen LogP) is 2.06. The fraction of sp³-hybridized carbons (Fsp3) is 0.250. The van der Waals surface area contributed by atoms with Gasteiger partial charge in [-0.15, -0.1) is 0 Å². The van der Waals surface area contributed by atoms with Crippen molar-refractivity contribution in [1.29, 1.82) is 0 Å². The molecule has 1 aromatic heterocycles. The molecule has 2 aromatic rings. The van der Waals surface area contributed by atoms with Crippen molar-refractivity contribution in [2.24, 2.45) is 0 Å². The zero-order valence-electron chi connectivity index (χ0n) is 9.30. The second kappa shape index (κ2) is 4.13. The first-order valence-corrected chi connectivity index (χ1v) is 5.57. The third kappa shape index (κ3) is 1.60. The maximum absolute atomic E-state index is 13.8. The average molecular weight is 253 g/mol. The molecule has 6 heteroatoms. The van der Waals surface area contributed by atoms with Crippen LogP contribution in [-0.4, -0.2) is 16.5 Å². The van der Waals surface area contributed by atoms with Crippen LogP contribution < -0.4 is 5.32 Å². The van der Waals surface area contributed by atoms with Crippen LogP contribution in [0.5, 0.6) is 0 Å². The zero-order chi connectivity index (χ0) is 12.7. The van der Waals surface area contributed by atoms with Crippen LogP contribution in [0.2, 0.25) is 0 Å². The normalized spacial score (nSPS) is 18.7. The van der Waals surface area contributed by atoms with Crippen molar-refractivity contribution in [3.05, 3.63) is 52.9 Å². The molecule has 0 fully saturated rings. The van der Waals surface area contributed by atoms with Gasteiger partial charge in [-0.25, -0.2) is 18.2 Å². The lowest BCUT2D eigenvalue weighted by Gasteiger charge is -2.23. The van der Waals surface area contributed by atoms with E-state index < -0.39 is 23.5 Å². The van der Waals surface area contributed by atoms with E-state index in [1.165, 1.54) is 12.4 Å². The second-order valence-electron chi connectivity index (χ2n) is 4.17. The molecule has 2 N–H and O–H groups in total. The number of hydrogen-bond donors (Lipinski definition) is 2. The number of halogens is 3. The Morgan fingerprint density at radius 2 is 2.00 bits per heavy atom. The first-order valence-electron chi connectivity index (χ1n) is 5.57. The quantitative estimate of drug-likeness (QED) is 0.764. The van der Waals surface area contributed by atoms with E-state index >= 15 is 0 Å². The molecule has 94 valence electrons. The summed E-state index contributed by atoms with van der Waals surface area (Å²) in [6.07, 6.45) is 2.26. The largest absolute Gasteiger partial charge is 0.348 e. The molecule has 1 aliphatic rings. The van der Waals surface area contributed by atoms with Crippen molar-refractivity contribution >= 4 is 0 Å². The van der Waals surface area contributed by atoms with Gasteiger partial charge in [-0.3, -0.25) is 0 Å². The number of fused-ring (bicyclic) bond motifs is 1. The Balaban J connectivity index is 2.10. The number of imidazole rings is 1. The maximum Gasteiger partial charge on any atom is 0.194 e. The summed E-state index contributed by atoms with van der Waals surface area (Å²) in [6, 6.07) is 1.63. The van der Waals surface area contributed by atoms with E-state index in [0.29, 0.717) is 12.2 Å². The van der Waals surface area contributed by atoms with Crippen molar-refractivity contribution in [2.75, 3.05) is 6.54 Å². The van der Waals surface area contributed by atoms with E-state index in [1.807, 2.05) is 0 Å². The molecule has 1 aliphatic heterocycles. The molecule has 2 heterocycles. The van der Waals surface area contributed by atoms with Gasteiger partial charge in [0.15, 0.2) is 17.5 Å². The van der Waals surface area contributed by atoms with Crippen molar-refractivity contribution in [2.45, 2.75) is 12.5 Å². The van der Waals surface area contributed by atoms with E-state index in [0.717, 1.165) is 18.2 Å². The van der Waals surface area contributed by atoms with E-state index in [1.54, 1.807) is 0 Å². The van der Waals surface area contributed by atoms with E-state index in [2.05, 4.69) is 15.3 Å². The molecule has 0 aliphatic carbocycles. The van der Waals surface area contributed by atoms with Gasteiger partial charge in [0, 0.05) is 24.2 Å². The fourth-order valence-corrected chi connectivity index (χ4v) is 2.24. The molecule has 0 bridgehead atoms. The monoisotopic (exact) mass is 253 g/mol. The van der Waals surface area contributed by atoms with Crippen molar-refractivity contribution < 1.29 is 13.2 Å².